The van der Waals surface area contributed by atoms with Gasteiger partial charge in [0, 0.05) is 5.56 Å². The first-order valence-corrected chi connectivity index (χ1v) is 7.81. The quantitative estimate of drug-likeness (QED) is 0.637. The van der Waals surface area contributed by atoms with Crippen LogP contribution in [0.1, 0.15) is 27.8 Å². The second kappa shape index (κ2) is 7.31. The van der Waals surface area contributed by atoms with Crippen LogP contribution in [0.5, 0.6) is 0 Å². The molecule has 0 atom stereocenters. The average Bonchev–Trinajstić information content (AvgIpc) is 3.21. The van der Waals surface area contributed by atoms with Gasteiger partial charge >= 0.3 is 5.97 Å². The van der Waals surface area contributed by atoms with E-state index in [4.69, 9.17) is 13.6 Å². The molecule has 0 aliphatic heterocycles. The fourth-order valence-electron chi connectivity index (χ4n) is 2.50. The number of hydrogen-bond acceptors (Lipinski definition) is 7. The van der Waals surface area contributed by atoms with Gasteiger partial charge in [-0.2, -0.15) is 0 Å². The van der Waals surface area contributed by atoms with E-state index in [0.29, 0.717) is 42.0 Å². The molecule has 0 saturated heterocycles. The Kier molecular flexibility index (Phi) is 4.95. The number of benzene rings is 1. The maximum atomic E-state index is 11.6. The molecule has 0 unspecified atom stereocenters. The predicted octanol–water partition coefficient (Wildman–Crippen LogP) is 3.06. The molecule has 3 aromatic rings. The van der Waals surface area contributed by atoms with Crippen LogP contribution in [-0.4, -0.2) is 35.2 Å². The van der Waals surface area contributed by atoms with Crippen molar-refractivity contribution < 1.29 is 18.4 Å². The average molecular weight is 341 g/mol. The molecular weight excluding hydrogens is 322 g/mol. The van der Waals surface area contributed by atoms with Crippen LogP contribution >= 0.6 is 0 Å². The minimum absolute atomic E-state index is 0.403. The first-order chi connectivity index (χ1) is 12.1. The first kappa shape index (κ1) is 16.9. The van der Waals surface area contributed by atoms with E-state index >= 15 is 0 Å². The molecule has 0 radical (unpaired) electrons. The van der Waals surface area contributed by atoms with Crippen molar-refractivity contribution >= 4 is 5.97 Å². The van der Waals surface area contributed by atoms with E-state index < -0.39 is 5.97 Å². The van der Waals surface area contributed by atoms with Crippen LogP contribution in [0.25, 0.3) is 11.5 Å². The normalized spacial score (nSPS) is 11.0. The van der Waals surface area contributed by atoms with Crippen LogP contribution in [0.2, 0.25) is 0 Å². The zero-order valence-corrected chi connectivity index (χ0v) is 14.4. The van der Waals surface area contributed by atoms with E-state index in [2.05, 4.69) is 10.2 Å². The number of rotatable bonds is 6. The lowest BCUT2D eigenvalue weighted by Gasteiger charge is -2.11. The van der Waals surface area contributed by atoms with Crippen molar-refractivity contribution in [3.8, 4) is 11.5 Å². The Morgan fingerprint density at radius 2 is 1.92 bits per heavy atom. The summed E-state index contributed by atoms with van der Waals surface area (Å²) in [6, 6.07) is 11.3. The molecule has 7 heteroatoms. The van der Waals surface area contributed by atoms with E-state index in [-0.39, 0.29) is 0 Å². The number of esters is 1. The van der Waals surface area contributed by atoms with Crippen LogP contribution < -0.4 is 0 Å². The van der Waals surface area contributed by atoms with E-state index in [1.807, 2.05) is 42.3 Å². The number of aromatic nitrogens is 2. The fraction of sp³-hybridized carbons (Fsp3) is 0.278. The van der Waals surface area contributed by atoms with Crippen molar-refractivity contribution in [1.82, 2.24) is 15.1 Å². The number of carbonyl (C=O) groups is 1. The largest absolute Gasteiger partial charge is 0.465 e. The molecular formula is C18H19N3O4. The lowest BCUT2D eigenvalue weighted by molar-refractivity contribution is 0.0599. The van der Waals surface area contributed by atoms with Crippen molar-refractivity contribution in [2.75, 3.05) is 14.2 Å². The van der Waals surface area contributed by atoms with Gasteiger partial charge in [0.05, 0.1) is 20.2 Å². The second-order valence-corrected chi connectivity index (χ2v) is 5.71. The topological polar surface area (TPSA) is 81.6 Å². The molecule has 0 bridgehead atoms. The van der Waals surface area contributed by atoms with Crippen LogP contribution in [0.4, 0.5) is 0 Å². The van der Waals surface area contributed by atoms with Gasteiger partial charge in [-0.25, -0.2) is 4.79 Å². The molecule has 130 valence electrons. The maximum absolute atomic E-state index is 11.6. The summed E-state index contributed by atoms with van der Waals surface area (Å²) in [5.41, 5.74) is 1.32. The molecule has 2 heterocycles. The molecule has 0 saturated carbocycles. The van der Waals surface area contributed by atoms with Crippen molar-refractivity contribution in [2.24, 2.45) is 0 Å². The molecule has 7 nitrogen and oxygen atoms in total. The Balaban J connectivity index is 1.64. The van der Waals surface area contributed by atoms with Gasteiger partial charge in [-0.3, -0.25) is 4.90 Å². The number of carbonyl (C=O) groups excluding carboxylic acids is 1. The Morgan fingerprint density at radius 1 is 1.16 bits per heavy atom. The Morgan fingerprint density at radius 3 is 2.64 bits per heavy atom. The molecule has 0 aliphatic carbocycles. The van der Waals surface area contributed by atoms with Gasteiger partial charge in [-0.05, 0) is 32.2 Å². The van der Waals surface area contributed by atoms with Gasteiger partial charge in [-0.1, -0.05) is 18.2 Å². The Labute approximate surface area is 145 Å². The summed E-state index contributed by atoms with van der Waals surface area (Å²) >= 11 is 0. The zero-order valence-electron chi connectivity index (χ0n) is 14.4. The molecule has 25 heavy (non-hydrogen) atoms. The zero-order chi connectivity index (χ0) is 17.8. The molecule has 2 aromatic heterocycles. The standard InChI is InChI=1S/C18H19N3O4/c1-12-15(18(22)23-3)9-14(24-12)10-21(2)11-16-19-20-17(25-16)13-7-5-4-6-8-13/h4-9H,10-11H2,1-3H3. The SMILES string of the molecule is COC(=O)c1cc(CN(C)Cc2nnc(-c3ccccc3)o2)oc1C. The third kappa shape index (κ3) is 3.95. The number of nitrogens with zero attached hydrogens (tertiary/aromatic N) is 3. The summed E-state index contributed by atoms with van der Waals surface area (Å²) < 4.78 is 16.0. The number of methoxy groups -OCH3 is 1. The van der Waals surface area contributed by atoms with Gasteiger partial charge in [0.25, 0.3) is 0 Å². The van der Waals surface area contributed by atoms with Gasteiger partial charge < -0.3 is 13.6 Å². The molecule has 0 N–H and O–H groups in total. The van der Waals surface area contributed by atoms with Crippen LogP contribution in [0, 0.1) is 6.92 Å². The van der Waals surface area contributed by atoms with E-state index in [0.717, 1.165) is 5.56 Å². The fourth-order valence-corrected chi connectivity index (χ4v) is 2.50. The highest BCUT2D eigenvalue weighted by molar-refractivity contribution is 5.90. The third-order valence-electron chi connectivity index (χ3n) is 3.69. The van der Waals surface area contributed by atoms with Crippen molar-refractivity contribution in [2.45, 2.75) is 20.0 Å². The number of ether oxygens (including phenoxy) is 1. The van der Waals surface area contributed by atoms with Crippen molar-refractivity contribution in [3.05, 3.63) is 59.4 Å². The molecule has 0 amide bonds. The molecule has 0 fully saturated rings. The summed E-state index contributed by atoms with van der Waals surface area (Å²) in [6.45, 7) is 2.70. The smallest absolute Gasteiger partial charge is 0.341 e. The van der Waals surface area contributed by atoms with Crippen LogP contribution in [0.3, 0.4) is 0 Å². The molecule has 3 rings (SSSR count). The molecule has 0 aliphatic rings. The monoisotopic (exact) mass is 341 g/mol. The Bertz CT molecular complexity index is 854. The summed E-state index contributed by atoms with van der Waals surface area (Å²) in [6.07, 6.45) is 0. The first-order valence-electron chi connectivity index (χ1n) is 7.81. The van der Waals surface area contributed by atoms with Gasteiger partial charge in [0.2, 0.25) is 11.8 Å². The number of furan rings is 1. The minimum Gasteiger partial charge on any atom is -0.465 e. The lowest BCUT2D eigenvalue weighted by atomic mass is 10.2. The van der Waals surface area contributed by atoms with Crippen molar-refractivity contribution in [3.63, 3.8) is 0 Å². The molecule has 0 spiro atoms. The van der Waals surface area contributed by atoms with Gasteiger partial charge in [-0.15, -0.1) is 10.2 Å². The van der Waals surface area contributed by atoms with E-state index in [1.54, 1.807) is 13.0 Å². The highest BCUT2D eigenvalue weighted by Crippen LogP contribution is 2.19. The second-order valence-electron chi connectivity index (χ2n) is 5.71. The maximum Gasteiger partial charge on any atom is 0.341 e. The molecule has 1 aromatic carbocycles. The van der Waals surface area contributed by atoms with Gasteiger partial charge in [0.15, 0.2) is 0 Å². The summed E-state index contributed by atoms with van der Waals surface area (Å²) in [7, 11) is 3.25. The van der Waals surface area contributed by atoms with Crippen LogP contribution in [0.15, 0.2) is 45.2 Å². The Hall–Kier alpha value is -2.93. The minimum atomic E-state index is -0.403. The highest BCUT2D eigenvalue weighted by Gasteiger charge is 2.17. The predicted molar refractivity (Wildman–Crippen MR) is 89.7 cm³/mol. The third-order valence-corrected chi connectivity index (χ3v) is 3.69. The van der Waals surface area contributed by atoms with Crippen molar-refractivity contribution in [1.29, 1.82) is 0 Å². The number of hydrogen-bond donors (Lipinski definition) is 0. The van der Waals surface area contributed by atoms with E-state index in [1.165, 1.54) is 7.11 Å². The number of aryl methyl sites for hydroxylation is 1. The highest BCUT2D eigenvalue weighted by atomic mass is 16.5. The lowest BCUT2D eigenvalue weighted by Crippen LogP contribution is -2.17. The summed E-state index contributed by atoms with van der Waals surface area (Å²) in [4.78, 5) is 13.6. The van der Waals surface area contributed by atoms with E-state index in [9.17, 15) is 4.79 Å². The summed E-state index contributed by atoms with van der Waals surface area (Å²) in [5.74, 6) is 1.81. The van der Waals surface area contributed by atoms with Gasteiger partial charge in [0.1, 0.15) is 17.1 Å². The van der Waals surface area contributed by atoms with Crippen LogP contribution in [-0.2, 0) is 17.8 Å². The summed E-state index contributed by atoms with van der Waals surface area (Å²) in [5, 5.41) is 8.15.